The van der Waals surface area contributed by atoms with E-state index in [-0.39, 0.29) is 6.42 Å². The van der Waals surface area contributed by atoms with Crippen LogP contribution in [0.2, 0.25) is 0 Å². The number of hydrogen-bond acceptors (Lipinski definition) is 2. The molecule has 0 atom stereocenters. The van der Waals surface area contributed by atoms with Gasteiger partial charge in [0.15, 0.2) is 0 Å². The Bertz CT molecular complexity index is 456. The monoisotopic (exact) mass is 348 g/mol. The summed E-state index contributed by atoms with van der Waals surface area (Å²) in [4.78, 5) is 10.7. The van der Waals surface area contributed by atoms with Crippen LogP contribution in [0.15, 0.2) is 24.3 Å². The van der Waals surface area contributed by atoms with Gasteiger partial charge in [-0.15, -0.1) is 0 Å². The average molecular weight is 349 g/mol. The van der Waals surface area contributed by atoms with Crippen LogP contribution in [0, 0.1) is 0 Å². The highest BCUT2D eigenvalue weighted by atomic mass is 16.5. The molecule has 0 bridgehead atoms. The lowest BCUT2D eigenvalue weighted by Crippen LogP contribution is -2.01. The second-order valence-electron chi connectivity index (χ2n) is 6.96. The summed E-state index contributed by atoms with van der Waals surface area (Å²) in [6.45, 7) is 2.98. The molecule has 0 aliphatic carbocycles. The third kappa shape index (κ3) is 12.5. The topological polar surface area (TPSA) is 46.5 Å². The van der Waals surface area contributed by atoms with E-state index in [0.29, 0.717) is 6.61 Å². The number of carbonyl (C=O) groups is 1. The Hall–Kier alpha value is -1.51. The molecule has 0 radical (unpaired) electrons. The Morgan fingerprint density at radius 1 is 0.880 bits per heavy atom. The molecule has 0 saturated heterocycles. The van der Waals surface area contributed by atoms with E-state index in [2.05, 4.69) is 6.92 Å². The highest BCUT2D eigenvalue weighted by Gasteiger charge is 2.02. The maximum atomic E-state index is 10.7. The van der Waals surface area contributed by atoms with Gasteiger partial charge in [0.25, 0.3) is 0 Å². The third-order valence-corrected chi connectivity index (χ3v) is 4.52. The van der Waals surface area contributed by atoms with Crippen molar-refractivity contribution in [2.75, 3.05) is 6.61 Å². The second-order valence-corrected chi connectivity index (χ2v) is 6.96. The van der Waals surface area contributed by atoms with Crippen molar-refractivity contribution in [3.8, 4) is 5.75 Å². The summed E-state index contributed by atoms with van der Waals surface area (Å²) in [5, 5.41) is 8.82. The van der Waals surface area contributed by atoms with Crippen LogP contribution in [0.25, 0.3) is 0 Å². The van der Waals surface area contributed by atoms with Gasteiger partial charge in [0.1, 0.15) is 5.75 Å². The zero-order valence-corrected chi connectivity index (χ0v) is 16.0. The lowest BCUT2D eigenvalue weighted by Gasteiger charge is -2.07. The van der Waals surface area contributed by atoms with Crippen LogP contribution in [0.1, 0.15) is 89.5 Å². The largest absolute Gasteiger partial charge is 0.494 e. The summed E-state index contributed by atoms with van der Waals surface area (Å²) in [5.74, 6) is -0.0278. The van der Waals surface area contributed by atoms with Gasteiger partial charge in [0.2, 0.25) is 0 Å². The van der Waals surface area contributed by atoms with E-state index in [9.17, 15) is 4.79 Å². The van der Waals surface area contributed by atoms with E-state index in [1.54, 1.807) is 0 Å². The number of rotatable bonds is 16. The van der Waals surface area contributed by atoms with Crippen LogP contribution in [-0.2, 0) is 11.2 Å². The number of hydrogen-bond donors (Lipinski definition) is 1. The maximum Gasteiger partial charge on any atom is 0.307 e. The van der Waals surface area contributed by atoms with E-state index in [0.717, 1.165) is 17.7 Å². The van der Waals surface area contributed by atoms with E-state index in [1.807, 2.05) is 24.3 Å². The van der Waals surface area contributed by atoms with Crippen molar-refractivity contribution in [3.05, 3.63) is 29.8 Å². The Balaban J connectivity index is 1.93. The molecule has 1 aromatic carbocycles. The normalized spacial score (nSPS) is 10.8. The first-order chi connectivity index (χ1) is 12.2. The molecular weight excluding hydrogens is 312 g/mol. The number of carboxylic acid groups (broad SMARTS) is 1. The van der Waals surface area contributed by atoms with Gasteiger partial charge in [-0.05, 0) is 24.1 Å². The summed E-state index contributed by atoms with van der Waals surface area (Å²) >= 11 is 0. The van der Waals surface area contributed by atoms with Crippen LogP contribution >= 0.6 is 0 Å². The number of ether oxygens (including phenoxy) is 1. The first-order valence-electron chi connectivity index (χ1n) is 10.2. The molecule has 1 rings (SSSR count). The van der Waals surface area contributed by atoms with Crippen LogP contribution < -0.4 is 4.74 Å². The Morgan fingerprint density at radius 2 is 1.44 bits per heavy atom. The lowest BCUT2D eigenvalue weighted by atomic mass is 10.1. The van der Waals surface area contributed by atoms with Gasteiger partial charge >= 0.3 is 5.97 Å². The predicted octanol–water partition coefficient (Wildman–Crippen LogP) is 6.39. The SMILES string of the molecule is CCCCCCCCCCCCCCOc1cccc(CC(=O)O)c1. The first-order valence-corrected chi connectivity index (χ1v) is 10.2. The number of benzene rings is 1. The Morgan fingerprint density at radius 3 is 2.00 bits per heavy atom. The quantitative estimate of drug-likeness (QED) is 0.352. The van der Waals surface area contributed by atoms with Crippen LogP contribution in [0.3, 0.4) is 0 Å². The lowest BCUT2D eigenvalue weighted by molar-refractivity contribution is -0.136. The van der Waals surface area contributed by atoms with Gasteiger partial charge in [-0.25, -0.2) is 0 Å². The van der Waals surface area contributed by atoms with E-state index >= 15 is 0 Å². The molecule has 0 aromatic heterocycles. The molecule has 142 valence electrons. The van der Waals surface area contributed by atoms with Crippen molar-refractivity contribution in [3.63, 3.8) is 0 Å². The minimum absolute atomic E-state index is 0.0514. The summed E-state index contributed by atoms with van der Waals surface area (Å²) in [7, 11) is 0. The van der Waals surface area contributed by atoms with Crippen molar-refractivity contribution in [1.29, 1.82) is 0 Å². The molecule has 0 saturated carbocycles. The molecule has 0 heterocycles. The number of unbranched alkanes of at least 4 members (excludes halogenated alkanes) is 11. The van der Waals surface area contributed by atoms with Crippen molar-refractivity contribution in [2.24, 2.45) is 0 Å². The van der Waals surface area contributed by atoms with E-state index in [1.165, 1.54) is 70.6 Å². The average Bonchev–Trinajstić information content (AvgIpc) is 2.59. The molecule has 0 spiro atoms. The molecule has 0 fully saturated rings. The van der Waals surface area contributed by atoms with Crippen molar-refractivity contribution >= 4 is 5.97 Å². The van der Waals surface area contributed by atoms with Gasteiger partial charge in [-0.2, -0.15) is 0 Å². The van der Waals surface area contributed by atoms with E-state index < -0.39 is 5.97 Å². The third-order valence-electron chi connectivity index (χ3n) is 4.52. The molecule has 25 heavy (non-hydrogen) atoms. The molecule has 1 aromatic rings. The molecule has 0 unspecified atom stereocenters. The first kappa shape index (κ1) is 21.5. The summed E-state index contributed by atoms with van der Waals surface area (Å²) < 4.78 is 5.73. The van der Waals surface area contributed by atoms with Gasteiger partial charge in [0, 0.05) is 0 Å². The van der Waals surface area contributed by atoms with Gasteiger partial charge in [0.05, 0.1) is 13.0 Å². The van der Waals surface area contributed by atoms with Gasteiger partial charge in [-0.3, -0.25) is 4.79 Å². The van der Waals surface area contributed by atoms with Crippen molar-refractivity contribution in [2.45, 2.75) is 90.4 Å². The van der Waals surface area contributed by atoms with E-state index in [4.69, 9.17) is 9.84 Å². The minimum Gasteiger partial charge on any atom is -0.494 e. The summed E-state index contributed by atoms with van der Waals surface area (Å²) in [5.41, 5.74) is 0.791. The van der Waals surface area contributed by atoms with Crippen LogP contribution in [0.4, 0.5) is 0 Å². The highest BCUT2D eigenvalue weighted by Crippen LogP contribution is 2.15. The summed E-state index contributed by atoms with van der Waals surface area (Å²) in [6, 6.07) is 7.40. The maximum absolute atomic E-state index is 10.7. The summed E-state index contributed by atoms with van der Waals surface area (Å²) in [6.07, 6.45) is 16.1. The Kier molecular flexibility index (Phi) is 12.7. The molecule has 1 N–H and O–H groups in total. The zero-order valence-electron chi connectivity index (χ0n) is 16.0. The fraction of sp³-hybridized carbons (Fsp3) is 0.682. The Labute approximate surface area is 153 Å². The second kappa shape index (κ2) is 14.8. The molecule has 0 aliphatic heterocycles. The predicted molar refractivity (Wildman–Crippen MR) is 104 cm³/mol. The molecule has 3 heteroatoms. The van der Waals surface area contributed by atoms with Gasteiger partial charge in [-0.1, -0.05) is 89.7 Å². The van der Waals surface area contributed by atoms with Crippen LogP contribution in [0.5, 0.6) is 5.75 Å². The highest BCUT2D eigenvalue weighted by molar-refractivity contribution is 5.70. The number of carboxylic acids is 1. The molecular formula is C22H36O3. The van der Waals surface area contributed by atoms with Gasteiger partial charge < -0.3 is 9.84 Å². The van der Waals surface area contributed by atoms with Crippen molar-refractivity contribution < 1.29 is 14.6 Å². The minimum atomic E-state index is -0.807. The fourth-order valence-corrected chi connectivity index (χ4v) is 3.05. The molecule has 0 aliphatic rings. The zero-order chi connectivity index (χ0) is 18.2. The fourth-order valence-electron chi connectivity index (χ4n) is 3.05. The smallest absolute Gasteiger partial charge is 0.307 e. The molecule has 3 nitrogen and oxygen atoms in total. The standard InChI is InChI=1S/C22H36O3/c1-2-3-4-5-6-7-8-9-10-11-12-13-17-25-21-16-14-15-20(18-21)19-22(23)24/h14-16,18H,2-13,17,19H2,1H3,(H,23,24). The molecule has 0 amide bonds. The number of aliphatic carboxylic acids is 1. The van der Waals surface area contributed by atoms with Crippen molar-refractivity contribution in [1.82, 2.24) is 0 Å². The van der Waals surface area contributed by atoms with Crippen LogP contribution in [-0.4, -0.2) is 17.7 Å².